The van der Waals surface area contributed by atoms with Crippen molar-refractivity contribution in [3.8, 4) is 0 Å². The van der Waals surface area contributed by atoms with Crippen molar-refractivity contribution in [3.05, 3.63) is 60.2 Å². The van der Waals surface area contributed by atoms with E-state index in [-0.39, 0.29) is 19.1 Å². The summed E-state index contributed by atoms with van der Waals surface area (Å²) in [5, 5.41) is 13.5. The molecule has 9 nitrogen and oxygen atoms in total. The average molecular weight is 536 g/mol. The van der Waals surface area contributed by atoms with Crippen LogP contribution in [0.3, 0.4) is 0 Å². The second kappa shape index (κ2) is 11.0. The third-order valence-electron chi connectivity index (χ3n) is 8.50. The van der Waals surface area contributed by atoms with E-state index >= 15 is 0 Å². The Bertz CT molecular complexity index is 1200. The molecule has 6 atom stereocenters. The van der Waals surface area contributed by atoms with Crippen molar-refractivity contribution in [2.45, 2.75) is 57.4 Å². The topological polar surface area (TPSA) is 108 Å². The van der Waals surface area contributed by atoms with Crippen LogP contribution >= 0.6 is 0 Å². The Kier molecular flexibility index (Phi) is 7.64. The van der Waals surface area contributed by atoms with Crippen molar-refractivity contribution in [1.29, 1.82) is 0 Å². The first kappa shape index (κ1) is 27.1. The molecular formula is C30H37N3O6. The average Bonchev–Trinajstić information content (AvgIpc) is 3.59. The van der Waals surface area contributed by atoms with Crippen LogP contribution in [0.1, 0.15) is 45.2 Å². The number of esters is 1. The maximum absolute atomic E-state index is 14.2. The molecule has 3 aliphatic rings. The van der Waals surface area contributed by atoms with E-state index in [1.165, 1.54) is 4.90 Å². The number of carbonyl (C=O) groups excluding carboxylic acids is 3. The van der Waals surface area contributed by atoms with Crippen LogP contribution in [0.25, 0.3) is 0 Å². The summed E-state index contributed by atoms with van der Waals surface area (Å²) >= 11 is 0. The number of nitrogens with one attached hydrogen (secondary N) is 1. The van der Waals surface area contributed by atoms with Crippen molar-refractivity contribution in [2.75, 3.05) is 36.5 Å². The maximum atomic E-state index is 14.2. The molecule has 0 radical (unpaired) electrons. The fraction of sp³-hybridized carbons (Fsp3) is 0.500. The lowest BCUT2D eigenvalue weighted by Crippen LogP contribution is -2.54. The number of benzene rings is 2. The first-order valence-electron chi connectivity index (χ1n) is 13.9. The number of ether oxygens (including phenoxy) is 2. The highest BCUT2D eigenvalue weighted by atomic mass is 16.6. The second-order valence-electron chi connectivity index (χ2n) is 10.4. The number of fused-ring (bicyclic) bond motifs is 1. The van der Waals surface area contributed by atoms with Gasteiger partial charge < -0.3 is 29.7 Å². The van der Waals surface area contributed by atoms with Gasteiger partial charge in [-0.2, -0.15) is 0 Å². The van der Waals surface area contributed by atoms with E-state index in [2.05, 4.69) is 24.1 Å². The summed E-state index contributed by atoms with van der Waals surface area (Å²) in [6.07, 6.45) is 0.540. The van der Waals surface area contributed by atoms with Gasteiger partial charge >= 0.3 is 5.97 Å². The number of carbonyl (C=O) groups is 3. The van der Waals surface area contributed by atoms with Crippen molar-refractivity contribution < 1.29 is 29.0 Å². The minimum atomic E-state index is -1.17. The lowest BCUT2D eigenvalue weighted by Gasteiger charge is -2.36. The Morgan fingerprint density at radius 1 is 1.13 bits per heavy atom. The summed E-state index contributed by atoms with van der Waals surface area (Å²) in [5.41, 5.74) is 1.17. The van der Waals surface area contributed by atoms with Gasteiger partial charge in [0.25, 0.3) is 0 Å². The standard InChI is InChI=1S/C30H37N3O6/c1-4-32(5-2)21-14-12-20(13-15-21)31-27(35)26-30-17-16-23(39-30)24(29(37)38-6-3)25(30)28(36)33(26)22(18-34)19-10-8-7-9-11-19/h7-15,22-26,34H,4-6,16-18H2,1-3H3,(H,31,35)/t22-,23+,24-,25+,26?,30?/m1/s1. The number of nitrogens with zero attached hydrogens (tertiary/aromatic N) is 2. The zero-order valence-corrected chi connectivity index (χ0v) is 22.7. The molecular weight excluding hydrogens is 498 g/mol. The highest BCUT2D eigenvalue weighted by molar-refractivity contribution is 6.03. The highest BCUT2D eigenvalue weighted by Gasteiger charge is 2.75. The number of hydrogen-bond acceptors (Lipinski definition) is 7. The van der Waals surface area contributed by atoms with E-state index in [1.807, 2.05) is 54.6 Å². The Morgan fingerprint density at radius 2 is 1.82 bits per heavy atom. The van der Waals surface area contributed by atoms with Gasteiger partial charge in [0, 0.05) is 24.5 Å². The van der Waals surface area contributed by atoms with Gasteiger partial charge in [0.15, 0.2) is 0 Å². The Labute approximate surface area is 229 Å². The predicted octanol–water partition coefficient (Wildman–Crippen LogP) is 3.14. The van der Waals surface area contributed by atoms with Gasteiger partial charge in [-0.05, 0) is 63.4 Å². The van der Waals surface area contributed by atoms with Crippen LogP contribution in [0.4, 0.5) is 11.4 Å². The molecule has 9 heteroatoms. The summed E-state index contributed by atoms with van der Waals surface area (Å²) in [7, 11) is 0. The van der Waals surface area contributed by atoms with Crippen LogP contribution in [0.2, 0.25) is 0 Å². The van der Waals surface area contributed by atoms with Crippen LogP contribution in [0, 0.1) is 11.8 Å². The second-order valence-corrected chi connectivity index (χ2v) is 10.4. The van der Waals surface area contributed by atoms with Crippen molar-refractivity contribution >= 4 is 29.2 Å². The molecule has 39 heavy (non-hydrogen) atoms. The van der Waals surface area contributed by atoms with Gasteiger partial charge in [0.2, 0.25) is 11.8 Å². The fourth-order valence-electron chi connectivity index (χ4n) is 6.82. The van der Waals surface area contributed by atoms with Crippen LogP contribution < -0.4 is 10.2 Å². The highest BCUT2D eigenvalue weighted by Crippen LogP contribution is 2.60. The van der Waals surface area contributed by atoms with E-state index in [4.69, 9.17) is 9.47 Å². The molecule has 2 aromatic carbocycles. The predicted molar refractivity (Wildman–Crippen MR) is 146 cm³/mol. The normalized spacial score (nSPS) is 27.8. The Balaban J connectivity index is 1.52. The third-order valence-corrected chi connectivity index (χ3v) is 8.50. The van der Waals surface area contributed by atoms with Crippen LogP contribution in [-0.4, -0.2) is 71.8 Å². The molecule has 2 aromatic rings. The molecule has 2 bridgehead atoms. The van der Waals surface area contributed by atoms with E-state index in [0.29, 0.717) is 24.1 Å². The molecule has 3 saturated heterocycles. The molecule has 3 heterocycles. The number of amides is 2. The molecule has 1 spiro atoms. The number of aliphatic hydroxyl groups excluding tert-OH is 1. The minimum absolute atomic E-state index is 0.191. The van der Waals surface area contributed by atoms with Gasteiger partial charge in [0.05, 0.1) is 37.2 Å². The third kappa shape index (κ3) is 4.47. The van der Waals surface area contributed by atoms with Crippen molar-refractivity contribution in [2.24, 2.45) is 11.8 Å². The summed E-state index contributed by atoms with van der Waals surface area (Å²) in [6, 6.07) is 14.9. The lowest BCUT2D eigenvalue weighted by atomic mass is 9.70. The summed E-state index contributed by atoms with van der Waals surface area (Å²) in [4.78, 5) is 44.9. The molecule has 0 aliphatic carbocycles. The monoisotopic (exact) mass is 535 g/mol. The quantitative estimate of drug-likeness (QED) is 0.450. The molecule has 2 N–H and O–H groups in total. The number of aliphatic hydroxyl groups is 1. The van der Waals surface area contributed by atoms with Gasteiger partial charge in [-0.25, -0.2) is 0 Å². The summed E-state index contributed by atoms with van der Waals surface area (Å²) in [5.74, 6) is -2.88. The van der Waals surface area contributed by atoms with Crippen LogP contribution in [0.15, 0.2) is 54.6 Å². The Morgan fingerprint density at radius 3 is 2.44 bits per heavy atom. The number of hydrogen-bond donors (Lipinski definition) is 2. The van der Waals surface area contributed by atoms with E-state index in [1.54, 1.807) is 6.92 Å². The first-order valence-corrected chi connectivity index (χ1v) is 13.9. The molecule has 0 saturated carbocycles. The Hall–Kier alpha value is -3.43. The van der Waals surface area contributed by atoms with Gasteiger partial charge in [-0.15, -0.1) is 0 Å². The van der Waals surface area contributed by atoms with Gasteiger partial charge in [-0.3, -0.25) is 14.4 Å². The molecule has 2 amide bonds. The fourth-order valence-corrected chi connectivity index (χ4v) is 6.82. The summed E-state index contributed by atoms with van der Waals surface area (Å²) < 4.78 is 11.8. The molecule has 3 fully saturated rings. The smallest absolute Gasteiger partial charge is 0.312 e. The number of anilines is 2. The molecule has 0 aromatic heterocycles. The molecule has 208 valence electrons. The first-order chi connectivity index (χ1) is 18.9. The maximum Gasteiger partial charge on any atom is 0.312 e. The van der Waals surface area contributed by atoms with Crippen molar-refractivity contribution in [1.82, 2.24) is 4.90 Å². The van der Waals surface area contributed by atoms with Crippen LogP contribution in [0.5, 0.6) is 0 Å². The summed E-state index contributed by atoms with van der Waals surface area (Å²) in [6.45, 7) is 7.45. The van der Waals surface area contributed by atoms with Gasteiger partial charge in [0.1, 0.15) is 11.6 Å². The van der Waals surface area contributed by atoms with E-state index in [0.717, 1.165) is 18.8 Å². The van der Waals surface area contributed by atoms with Gasteiger partial charge in [-0.1, -0.05) is 30.3 Å². The van der Waals surface area contributed by atoms with Crippen molar-refractivity contribution in [3.63, 3.8) is 0 Å². The van der Waals surface area contributed by atoms with E-state index in [9.17, 15) is 19.5 Å². The number of likely N-dealkylation sites (tertiary alicyclic amines) is 1. The van der Waals surface area contributed by atoms with Crippen LogP contribution in [-0.2, 0) is 23.9 Å². The van der Waals surface area contributed by atoms with E-state index < -0.39 is 47.5 Å². The zero-order chi connectivity index (χ0) is 27.7. The minimum Gasteiger partial charge on any atom is -0.466 e. The largest absolute Gasteiger partial charge is 0.466 e. The zero-order valence-electron chi connectivity index (χ0n) is 22.7. The lowest BCUT2D eigenvalue weighted by molar-refractivity contribution is -0.155. The SMILES string of the molecule is CCOC(=O)[C@@H]1[C@@H]2CCC3(O2)C(C(=O)Nc2ccc(N(CC)CC)cc2)N([C@H](CO)c2ccccc2)C(=O)[C@H]13. The molecule has 5 rings (SSSR count). The number of rotatable bonds is 10. The molecule has 3 aliphatic heterocycles. The molecule has 2 unspecified atom stereocenters.